The lowest BCUT2D eigenvalue weighted by molar-refractivity contribution is 0.0952. The molecule has 0 aliphatic heterocycles. The zero-order chi connectivity index (χ0) is 16.3. The lowest BCUT2D eigenvalue weighted by atomic mass is 10.1. The first-order valence-corrected chi connectivity index (χ1v) is 6.96. The lowest BCUT2D eigenvalue weighted by Crippen LogP contribution is -2.19. The number of halogens is 2. The smallest absolute Gasteiger partial charge is 0.275 e. The molecule has 0 atom stereocenters. The topological polar surface area (TPSA) is 81.9 Å². The molecule has 22 heavy (non-hydrogen) atoms. The maximum Gasteiger partial charge on any atom is 0.275 e. The molecule has 0 aliphatic rings. The van der Waals surface area contributed by atoms with Gasteiger partial charge in [0.2, 0.25) is 0 Å². The number of nitrogens with one attached hydrogen (secondary N) is 1. The average molecular weight is 339 g/mol. The van der Waals surface area contributed by atoms with Gasteiger partial charge in [0.05, 0.1) is 16.3 Å². The van der Waals surface area contributed by atoms with E-state index in [-0.39, 0.29) is 17.1 Å². The molecule has 3 N–H and O–H groups in total. The van der Waals surface area contributed by atoms with E-state index in [1.807, 2.05) is 0 Å². The number of amides is 1. The van der Waals surface area contributed by atoms with Gasteiger partial charge in [-0.3, -0.25) is 4.79 Å². The summed E-state index contributed by atoms with van der Waals surface area (Å²) in [7, 11) is 0. The van der Waals surface area contributed by atoms with Crippen LogP contribution in [0.15, 0.2) is 41.5 Å². The molecule has 2 rings (SSSR count). The second-order valence-corrected chi connectivity index (χ2v) is 5.31. The van der Waals surface area contributed by atoms with E-state index in [4.69, 9.17) is 23.2 Å². The second kappa shape index (κ2) is 6.68. The van der Waals surface area contributed by atoms with Crippen LogP contribution in [-0.2, 0) is 0 Å². The molecule has 5 nitrogen and oxygen atoms in total. The molecule has 0 aliphatic carbocycles. The molecule has 7 heteroatoms. The van der Waals surface area contributed by atoms with Crippen molar-refractivity contribution in [3.05, 3.63) is 57.6 Å². The number of nitrogens with zero attached hydrogens (tertiary/aromatic N) is 1. The summed E-state index contributed by atoms with van der Waals surface area (Å²) in [5.41, 5.74) is 3.42. The highest BCUT2D eigenvalue weighted by Gasteiger charge is 2.11. The van der Waals surface area contributed by atoms with Crippen LogP contribution in [0.5, 0.6) is 11.5 Å². The molecule has 2 aromatic rings. The third-order valence-electron chi connectivity index (χ3n) is 2.87. The van der Waals surface area contributed by atoms with Gasteiger partial charge in [-0.25, -0.2) is 5.43 Å². The van der Waals surface area contributed by atoms with Crippen LogP contribution < -0.4 is 5.43 Å². The van der Waals surface area contributed by atoms with Crippen LogP contribution in [0.2, 0.25) is 10.0 Å². The normalized spacial score (nSPS) is 11.3. The number of benzene rings is 2. The number of rotatable bonds is 3. The second-order valence-electron chi connectivity index (χ2n) is 4.46. The Morgan fingerprint density at radius 3 is 2.41 bits per heavy atom. The van der Waals surface area contributed by atoms with Gasteiger partial charge in [-0.05, 0) is 31.2 Å². The maximum atomic E-state index is 11.9. The summed E-state index contributed by atoms with van der Waals surface area (Å²) in [5, 5.41) is 23.7. The van der Waals surface area contributed by atoms with E-state index in [1.54, 1.807) is 25.1 Å². The lowest BCUT2D eigenvalue weighted by Gasteiger charge is -2.06. The van der Waals surface area contributed by atoms with Gasteiger partial charge >= 0.3 is 0 Å². The third-order valence-corrected chi connectivity index (χ3v) is 3.42. The summed E-state index contributed by atoms with van der Waals surface area (Å²) in [5.74, 6) is -1.08. The molecule has 0 heterocycles. The summed E-state index contributed by atoms with van der Waals surface area (Å²) in [6.45, 7) is 1.67. The van der Waals surface area contributed by atoms with E-state index in [0.717, 1.165) is 6.07 Å². The third kappa shape index (κ3) is 3.69. The monoisotopic (exact) mass is 338 g/mol. The molecular formula is C15H12Cl2N2O3. The van der Waals surface area contributed by atoms with Gasteiger partial charge in [0, 0.05) is 16.7 Å². The standard InChI is InChI=1S/C15H12Cl2N2O3/c1-8(11-4-2-9(16)6-13(11)17)18-19-15(22)12-5-3-10(20)7-14(12)21/h2-7,20-21H,1H3,(H,19,22). The molecular weight excluding hydrogens is 327 g/mol. The van der Waals surface area contributed by atoms with E-state index in [9.17, 15) is 15.0 Å². The molecule has 0 radical (unpaired) electrons. The van der Waals surface area contributed by atoms with Crippen molar-refractivity contribution in [2.24, 2.45) is 5.10 Å². The zero-order valence-corrected chi connectivity index (χ0v) is 13.0. The van der Waals surface area contributed by atoms with Crippen molar-refractivity contribution in [2.45, 2.75) is 6.92 Å². The average Bonchev–Trinajstić information content (AvgIpc) is 2.44. The van der Waals surface area contributed by atoms with Gasteiger partial charge < -0.3 is 10.2 Å². The van der Waals surface area contributed by atoms with Gasteiger partial charge in [-0.2, -0.15) is 5.10 Å². The summed E-state index contributed by atoms with van der Waals surface area (Å²) in [6, 6.07) is 8.58. The van der Waals surface area contributed by atoms with Gasteiger partial charge in [-0.1, -0.05) is 29.3 Å². The summed E-state index contributed by atoms with van der Waals surface area (Å²) in [4.78, 5) is 11.9. The highest BCUT2D eigenvalue weighted by atomic mass is 35.5. The zero-order valence-electron chi connectivity index (χ0n) is 11.5. The SMILES string of the molecule is CC(=NNC(=O)c1ccc(O)cc1O)c1ccc(Cl)cc1Cl. The van der Waals surface area contributed by atoms with E-state index in [1.165, 1.54) is 12.1 Å². The van der Waals surface area contributed by atoms with Crippen LogP contribution >= 0.6 is 23.2 Å². The van der Waals surface area contributed by atoms with Crippen molar-refractivity contribution in [1.82, 2.24) is 5.43 Å². The minimum Gasteiger partial charge on any atom is -0.508 e. The minimum atomic E-state index is -0.609. The van der Waals surface area contributed by atoms with Crippen molar-refractivity contribution in [2.75, 3.05) is 0 Å². The Hall–Kier alpha value is -2.24. The number of hydrazone groups is 1. The first-order chi connectivity index (χ1) is 10.4. The van der Waals surface area contributed by atoms with Crippen molar-refractivity contribution in [3.8, 4) is 11.5 Å². The molecule has 2 aromatic carbocycles. The summed E-state index contributed by atoms with van der Waals surface area (Å²) >= 11 is 11.9. The van der Waals surface area contributed by atoms with Crippen LogP contribution in [0, 0.1) is 0 Å². The Kier molecular flexibility index (Phi) is 4.90. The van der Waals surface area contributed by atoms with Crippen LogP contribution in [0.25, 0.3) is 0 Å². The molecule has 114 valence electrons. The quantitative estimate of drug-likeness (QED) is 0.591. The fraction of sp³-hybridized carbons (Fsp3) is 0.0667. The van der Waals surface area contributed by atoms with E-state index >= 15 is 0 Å². The van der Waals surface area contributed by atoms with E-state index in [2.05, 4.69) is 10.5 Å². The van der Waals surface area contributed by atoms with Crippen molar-refractivity contribution in [3.63, 3.8) is 0 Å². The Labute approximate surface area is 136 Å². The summed E-state index contributed by atoms with van der Waals surface area (Å²) in [6.07, 6.45) is 0. The first kappa shape index (κ1) is 16.1. The number of phenolic OH excluding ortho intramolecular Hbond substituents is 2. The van der Waals surface area contributed by atoms with Gasteiger partial charge in [0.25, 0.3) is 5.91 Å². The highest BCUT2D eigenvalue weighted by molar-refractivity contribution is 6.37. The molecule has 1 amide bonds. The highest BCUT2D eigenvalue weighted by Crippen LogP contribution is 2.23. The molecule has 0 unspecified atom stereocenters. The predicted octanol–water partition coefficient (Wildman–Crippen LogP) is 3.56. The van der Waals surface area contributed by atoms with Gasteiger partial charge in [0.15, 0.2) is 0 Å². The van der Waals surface area contributed by atoms with E-state index in [0.29, 0.717) is 21.3 Å². The Balaban J connectivity index is 2.18. The van der Waals surface area contributed by atoms with Gasteiger partial charge in [0.1, 0.15) is 11.5 Å². The van der Waals surface area contributed by atoms with Crippen molar-refractivity contribution >= 4 is 34.8 Å². The molecule has 0 bridgehead atoms. The van der Waals surface area contributed by atoms with Crippen molar-refractivity contribution < 1.29 is 15.0 Å². The fourth-order valence-corrected chi connectivity index (χ4v) is 2.30. The Morgan fingerprint density at radius 1 is 1.09 bits per heavy atom. The number of carbonyl (C=O) groups is 1. The molecule has 0 fully saturated rings. The number of carbonyl (C=O) groups excluding carboxylic acids is 1. The van der Waals surface area contributed by atoms with Crippen LogP contribution in [0.4, 0.5) is 0 Å². The van der Waals surface area contributed by atoms with Gasteiger partial charge in [-0.15, -0.1) is 0 Å². The molecule has 0 saturated heterocycles. The largest absolute Gasteiger partial charge is 0.508 e. The maximum absolute atomic E-state index is 11.9. The molecule has 0 spiro atoms. The number of hydrogen-bond acceptors (Lipinski definition) is 4. The predicted molar refractivity (Wildman–Crippen MR) is 85.9 cm³/mol. The number of phenols is 2. The Morgan fingerprint density at radius 2 is 1.77 bits per heavy atom. The number of aromatic hydroxyl groups is 2. The Bertz CT molecular complexity index is 760. The molecule has 0 aromatic heterocycles. The van der Waals surface area contributed by atoms with Crippen molar-refractivity contribution in [1.29, 1.82) is 0 Å². The summed E-state index contributed by atoms with van der Waals surface area (Å²) < 4.78 is 0. The first-order valence-electron chi connectivity index (χ1n) is 6.20. The molecule has 0 saturated carbocycles. The van der Waals surface area contributed by atoms with E-state index < -0.39 is 5.91 Å². The number of hydrogen-bond donors (Lipinski definition) is 3. The van der Waals surface area contributed by atoms with Crippen LogP contribution in [0.1, 0.15) is 22.8 Å². The van der Waals surface area contributed by atoms with Crippen LogP contribution in [0.3, 0.4) is 0 Å². The fourth-order valence-electron chi connectivity index (χ4n) is 1.75. The minimum absolute atomic E-state index is 0.00319. The van der Waals surface area contributed by atoms with Crippen LogP contribution in [-0.4, -0.2) is 21.8 Å².